The Balaban J connectivity index is 1.98. The largest absolute Gasteiger partial charge is 0.338 e. The van der Waals surface area contributed by atoms with Crippen LogP contribution in [0.2, 0.25) is 0 Å². The van der Waals surface area contributed by atoms with Crippen molar-refractivity contribution in [3.63, 3.8) is 0 Å². The van der Waals surface area contributed by atoms with Crippen molar-refractivity contribution in [1.82, 2.24) is 4.90 Å². The molecule has 4 N–H and O–H groups in total. The summed E-state index contributed by atoms with van der Waals surface area (Å²) in [5.41, 5.74) is 11.7. The summed E-state index contributed by atoms with van der Waals surface area (Å²) >= 11 is 0. The highest BCUT2D eigenvalue weighted by atomic mass is 16.2. The first-order valence-corrected chi connectivity index (χ1v) is 6.88. The molecule has 0 aromatic rings. The molecule has 4 heteroatoms. The maximum absolute atomic E-state index is 12.4. The molecule has 0 radical (unpaired) electrons. The molecular weight excluding hydrogens is 214 g/mol. The van der Waals surface area contributed by atoms with E-state index >= 15 is 0 Å². The van der Waals surface area contributed by atoms with Crippen LogP contribution in [0.1, 0.15) is 39.0 Å². The van der Waals surface area contributed by atoms with Crippen molar-refractivity contribution in [1.29, 1.82) is 0 Å². The van der Waals surface area contributed by atoms with Gasteiger partial charge in [-0.25, -0.2) is 0 Å². The van der Waals surface area contributed by atoms with E-state index in [1.54, 1.807) is 0 Å². The molecule has 2 aliphatic rings. The number of rotatable bonds is 2. The SMILES string of the molecule is CC1CCN(C(=O)C2CCC(N)C2)C(CN)C1. The quantitative estimate of drug-likeness (QED) is 0.745. The molecule has 4 nitrogen and oxygen atoms in total. The van der Waals surface area contributed by atoms with Crippen molar-refractivity contribution in [2.45, 2.75) is 51.1 Å². The third kappa shape index (κ3) is 2.80. The van der Waals surface area contributed by atoms with Gasteiger partial charge >= 0.3 is 0 Å². The van der Waals surface area contributed by atoms with Crippen molar-refractivity contribution in [2.24, 2.45) is 23.3 Å². The fourth-order valence-corrected chi connectivity index (χ4v) is 3.24. The van der Waals surface area contributed by atoms with Gasteiger partial charge in [0.25, 0.3) is 0 Å². The molecule has 1 aliphatic carbocycles. The van der Waals surface area contributed by atoms with Crippen molar-refractivity contribution in [3.05, 3.63) is 0 Å². The minimum absolute atomic E-state index is 0.160. The lowest BCUT2D eigenvalue weighted by atomic mass is 9.91. The van der Waals surface area contributed by atoms with Crippen LogP contribution in [0, 0.1) is 11.8 Å². The summed E-state index contributed by atoms with van der Waals surface area (Å²) in [6.45, 7) is 3.72. The fourth-order valence-electron chi connectivity index (χ4n) is 3.24. The summed E-state index contributed by atoms with van der Waals surface area (Å²) in [4.78, 5) is 14.5. The Morgan fingerprint density at radius 3 is 2.65 bits per heavy atom. The van der Waals surface area contributed by atoms with Crippen molar-refractivity contribution in [3.8, 4) is 0 Å². The number of amides is 1. The van der Waals surface area contributed by atoms with Crippen LogP contribution in [0.4, 0.5) is 0 Å². The van der Waals surface area contributed by atoms with Crippen LogP contribution in [0.3, 0.4) is 0 Å². The normalized spacial score (nSPS) is 38.4. The van der Waals surface area contributed by atoms with Gasteiger partial charge in [-0.1, -0.05) is 6.92 Å². The highest BCUT2D eigenvalue weighted by molar-refractivity contribution is 5.79. The molecule has 4 unspecified atom stereocenters. The molecule has 1 saturated heterocycles. The van der Waals surface area contributed by atoms with E-state index in [1.165, 1.54) is 0 Å². The average molecular weight is 239 g/mol. The molecule has 4 atom stereocenters. The number of nitrogens with two attached hydrogens (primary N) is 2. The van der Waals surface area contributed by atoms with Gasteiger partial charge in [0.15, 0.2) is 0 Å². The standard InChI is InChI=1S/C13H25N3O/c1-9-4-5-16(12(6-9)8-14)13(17)10-2-3-11(15)7-10/h9-12H,2-8,14-15H2,1H3. The Kier molecular flexibility index (Phi) is 4.05. The predicted octanol–water partition coefficient (Wildman–Crippen LogP) is 0.700. The van der Waals surface area contributed by atoms with E-state index in [9.17, 15) is 4.79 Å². The molecule has 2 rings (SSSR count). The van der Waals surface area contributed by atoms with Crippen LogP contribution >= 0.6 is 0 Å². The predicted molar refractivity (Wildman–Crippen MR) is 68.3 cm³/mol. The maximum Gasteiger partial charge on any atom is 0.226 e. The molecule has 17 heavy (non-hydrogen) atoms. The van der Waals surface area contributed by atoms with Gasteiger partial charge in [0, 0.05) is 31.1 Å². The van der Waals surface area contributed by atoms with Crippen molar-refractivity contribution < 1.29 is 4.79 Å². The summed E-state index contributed by atoms with van der Waals surface area (Å²) in [6, 6.07) is 0.479. The topological polar surface area (TPSA) is 72.3 Å². The molecule has 0 spiro atoms. The van der Waals surface area contributed by atoms with Gasteiger partial charge in [-0.2, -0.15) is 0 Å². The minimum atomic E-state index is 0.160. The summed E-state index contributed by atoms with van der Waals surface area (Å²) in [5.74, 6) is 1.16. The van der Waals surface area contributed by atoms with Crippen LogP contribution in [0.25, 0.3) is 0 Å². The van der Waals surface area contributed by atoms with Gasteiger partial charge in [0.2, 0.25) is 5.91 Å². The number of piperidine rings is 1. The first kappa shape index (κ1) is 12.8. The van der Waals surface area contributed by atoms with E-state index in [0.717, 1.165) is 38.6 Å². The highest BCUT2D eigenvalue weighted by Gasteiger charge is 2.35. The smallest absolute Gasteiger partial charge is 0.226 e. The second-order valence-corrected chi connectivity index (χ2v) is 5.82. The molecule has 1 heterocycles. The fraction of sp³-hybridized carbons (Fsp3) is 0.923. The monoisotopic (exact) mass is 239 g/mol. The van der Waals surface area contributed by atoms with Gasteiger partial charge in [0.1, 0.15) is 0 Å². The highest BCUT2D eigenvalue weighted by Crippen LogP contribution is 2.30. The zero-order valence-corrected chi connectivity index (χ0v) is 10.8. The molecule has 0 bridgehead atoms. The molecule has 0 aromatic carbocycles. The Bertz CT molecular complexity index is 282. The van der Waals surface area contributed by atoms with Crippen LogP contribution in [0.15, 0.2) is 0 Å². The summed E-state index contributed by atoms with van der Waals surface area (Å²) in [7, 11) is 0. The lowest BCUT2D eigenvalue weighted by molar-refractivity contribution is -0.139. The maximum atomic E-state index is 12.4. The number of carbonyl (C=O) groups is 1. The van der Waals surface area contributed by atoms with Crippen LogP contribution in [0.5, 0.6) is 0 Å². The zero-order valence-electron chi connectivity index (χ0n) is 10.8. The van der Waals surface area contributed by atoms with Crippen molar-refractivity contribution in [2.75, 3.05) is 13.1 Å². The number of carbonyl (C=O) groups excluding carboxylic acids is 1. The molecule has 98 valence electrons. The Morgan fingerprint density at radius 1 is 1.29 bits per heavy atom. The number of hydrogen-bond donors (Lipinski definition) is 2. The first-order valence-electron chi connectivity index (χ1n) is 6.88. The van der Waals surface area contributed by atoms with Gasteiger partial charge in [-0.3, -0.25) is 4.79 Å². The van der Waals surface area contributed by atoms with Crippen LogP contribution < -0.4 is 11.5 Å². The van der Waals surface area contributed by atoms with E-state index in [1.807, 2.05) is 4.90 Å². The van der Waals surface area contributed by atoms with Gasteiger partial charge in [0.05, 0.1) is 0 Å². The Morgan fingerprint density at radius 2 is 2.06 bits per heavy atom. The van der Waals surface area contributed by atoms with E-state index in [-0.39, 0.29) is 18.0 Å². The molecule has 1 saturated carbocycles. The molecule has 1 amide bonds. The average Bonchev–Trinajstić information content (AvgIpc) is 2.75. The van der Waals surface area contributed by atoms with Crippen molar-refractivity contribution >= 4 is 5.91 Å². The molecule has 0 aromatic heterocycles. The van der Waals surface area contributed by atoms with E-state index < -0.39 is 0 Å². The third-order valence-electron chi connectivity index (χ3n) is 4.36. The lowest BCUT2D eigenvalue weighted by Crippen LogP contribution is -2.51. The number of likely N-dealkylation sites (tertiary alicyclic amines) is 1. The second-order valence-electron chi connectivity index (χ2n) is 5.82. The van der Waals surface area contributed by atoms with E-state index in [4.69, 9.17) is 11.5 Å². The van der Waals surface area contributed by atoms with Crippen LogP contribution in [-0.4, -0.2) is 36.0 Å². The molecular formula is C13H25N3O. The molecule has 1 aliphatic heterocycles. The molecule has 2 fully saturated rings. The first-order chi connectivity index (χ1) is 8.11. The van der Waals surface area contributed by atoms with E-state index in [2.05, 4.69) is 6.92 Å². The minimum Gasteiger partial charge on any atom is -0.338 e. The number of nitrogens with zero attached hydrogens (tertiary/aromatic N) is 1. The van der Waals surface area contributed by atoms with Gasteiger partial charge in [-0.05, 0) is 38.0 Å². The number of hydrogen-bond acceptors (Lipinski definition) is 3. The summed E-state index contributed by atoms with van der Waals surface area (Å²) in [6.07, 6.45) is 4.99. The Hall–Kier alpha value is -0.610. The lowest BCUT2D eigenvalue weighted by Gasteiger charge is -2.39. The van der Waals surface area contributed by atoms with Crippen LogP contribution in [-0.2, 0) is 4.79 Å². The Labute approximate surface area is 104 Å². The van der Waals surface area contributed by atoms with Gasteiger partial charge < -0.3 is 16.4 Å². The zero-order chi connectivity index (χ0) is 12.4. The summed E-state index contributed by atoms with van der Waals surface area (Å²) in [5, 5.41) is 0. The van der Waals surface area contributed by atoms with E-state index in [0.29, 0.717) is 18.4 Å². The summed E-state index contributed by atoms with van der Waals surface area (Å²) < 4.78 is 0. The van der Waals surface area contributed by atoms with Gasteiger partial charge in [-0.15, -0.1) is 0 Å². The third-order valence-corrected chi connectivity index (χ3v) is 4.36. The second kappa shape index (κ2) is 5.36.